The van der Waals surface area contributed by atoms with Crippen LogP contribution in [0.5, 0.6) is 0 Å². The fourth-order valence-corrected chi connectivity index (χ4v) is 5.65. The molecule has 1 aliphatic heterocycles. The van der Waals surface area contributed by atoms with Crippen LogP contribution in [0.3, 0.4) is 0 Å². The number of esters is 1. The quantitative estimate of drug-likeness (QED) is 0.372. The molecule has 1 heterocycles. The van der Waals surface area contributed by atoms with Gasteiger partial charge in [0, 0.05) is 11.8 Å². The zero-order valence-electron chi connectivity index (χ0n) is 15.3. The Morgan fingerprint density at radius 3 is 1.80 bits per heavy atom. The van der Waals surface area contributed by atoms with Crippen molar-refractivity contribution >= 4 is 18.6 Å². The Kier molecular flexibility index (Phi) is 4.75. The molecule has 2 atom stereocenters. The summed E-state index contributed by atoms with van der Waals surface area (Å²) in [5.74, 6) is -21.8. The SMILES string of the molecule is O=C(OC12CC3CC(C1)C1(OCC(F)(F)C(F)(F)C(F)(F)CO1)C(C3)C2)C(F)(F)S. The topological polar surface area (TPSA) is 44.8 Å². The molecule has 0 aromatic rings. The van der Waals surface area contributed by atoms with Gasteiger partial charge in [-0.3, -0.25) is 0 Å². The van der Waals surface area contributed by atoms with Gasteiger partial charge in [-0.2, -0.15) is 35.1 Å². The maximum atomic E-state index is 13.9. The number of thiol groups is 1. The highest BCUT2D eigenvalue weighted by Gasteiger charge is 2.75. The van der Waals surface area contributed by atoms with E-state index in [9.17, 15) is 39.9 Å². The number of halogens is 8. The second-order valence-electron chi connectivity index (χ2n) is 8.74. The van der Waals surface area contributed by atoms with Crippen LogP contribution in [-0.4, -0.2) is 53.6 Å². The van der Waals surface area contributed by atoms with Crippen LogP contribution in [0.1, 0.15) is 32.1 Å². The number of ether oxygens (including phenoxy) is 3. The highest BCUT2D eigenvalue weighted by Crippen LogP contribution is 2.64. The number of hydrogen-bond donors (Lipinski definition) is 1. The summed E-state index contributed by atoms with van der Waals surface area (Å²) in [4.78, 5) is 11.7. The van der Waals surface area contributed by atoms with Crippen molar-refractivity contribution in [3.05, 3.63) is 0 Å². The molecule has 0 N–H and O–H groups in total. The molecule has 2 unspecified atom stereocenters. The average Bonchev–Trinajstić information content (AvgIpc) is 2.58. The van der Waals surface area contributed by atoms with Gasteiger partial charge in [-0.05, 0) is 38.0 Å². The molecule has 4 aliphatic carbocycles. The van der Waals surface area contributed by atoms with Crippen LogP contribution < -0.4 is 0 Å². The molecule has 0 aromatic heterocycles. The van der Waals surface area contributed by atoms with E-state index in [1.54, 1.807) is 0 Å². The molecule has 5 aliphatic rings. The molecular weight excluding hydrogens is 452 g/mol. The lowest BCUT2D eigenvalue weighted by Crippen LogP contribution is -2.70. The minimum absolute atomic E-state index is 0.164. The molecule has 1 spiro atoms. The van der Waals surface area contributed by atoms with E-state index in [-0.39, 0.29) is 38.0 Å². The lowest BCUT2D eigenvalue weighted by atomic mass is 9.51. The summed E-state index contributed by atoms with van der Waals surface area (Å²) < 4.78 is 125. The molecule has 5 fully saturated rings. The van der Waals surface area contributed by atoms with Crippen molar-refractivity contribution in [2.45, 2.75) is 66.5 Å². The first-order chi connectivity index (χ1) is 13.5. The summed E-state index contributed by atoms with van der Waals surface area (Å²) in [5.41, 5.74) is -1.37. The van der Waals surface area contributed by atoms with Crippen LogP contribution in [0, 0.1) is 17.8 Å². The van der Waals surface area contributed by atoms with Crippen LogP contribution in [0.25, 0.3) is 0 Å². The molecule has 30 heavy (non-hydrogen) atoms. The molecule has 13 heteroatoms. The molecule has 4 nitrogen and oxygen atoms in total. The third kappa shape index (κ3) is 3.13. The molecule has 5 rings (SSSR count). The van der Waals surface area contributed by atoms with Gasteiger partial charge in [-0.25, -0.2) is 4.79 Å². The largest absolute Gasteiger partial charge is 0.454 e. The molecule has 172 valence electrons. The first-order valence-corrected chi connectivity index (χ1v) is 9.73. The van der Waals surface area contributed by atoms with Gasteiger partial charge in [0.2, 0.25) is 0 Å². The highest BCUT2D eigenvalue weighted by molar-refractivity contribution is 7.82. The summed E-state index contributed by atoms with van der Waals surface area (Å²) in [5, 5.41) is -4.05. The Morgan fingerprint density at radius 1 is 0.900 bits per heavy atom. The summed E-state index contributed by atoms with van der Waals surface area (Å²) in [6.07, 6.45) is 0.406. The lowest BCUT2D eigenvalue weighted by Gasteiger charge is -2.63. The minimum Gasteiger partial charge on any atom is -0.454 e. The molecule has 0 aromatic carbocycles. The van der Waals surface area contributed by atoms with Gasteiger partial charge in [0.1, 0.15) is 18.8 Å². The zero-order chi connectivity index (χ0) is 22.4. The van der Waals surface area contributed by atoms with Crippen LogP contribution >= 0.6 is 12.6 Å². The predicted octanol–water partition coefficient (Wildman–Crippen LogP) is 4.28. The number of rotatable bonds is 2. The predicted molar refractivity (Wildman–Crippen MR) is 85.8 cm³/mol. The highest BCUT2D eigenvalue weighted by atomic mass is 32.1. The Morgan fingerprint density at radius 2 is 1.37 bits per heavy atom. The molecule has 0 radical (unpaired) electrons. The van der Waals surface area contributed by atoms with E-state index in [1.165, 1.54) is 0 Å². The Labute approximate surface area is 171 Å². The van der Waals surface area contributed by atoms with E-state index < -0.39 is 65.4 Å². The van der Waals surface area contributed by atoms with Crippen LogP contribution in [-0.2, 0) is 19.0 Å². The zero-order valence-corrected chi connectivity index (χ0v) is 16.2. The van der Waals surface area contributed by atoms with Gasteiger partial charge in [0.25, 0.3) is 0 Å². The van der Waals surface area contributed by atoms with Gasteiger partial charge in [-0.1, -0.05) is 12.6 Å². The third-order valence-electron chi connectivity index (χ3n) is 6.70. The molecule has 1 saturated heterocycles. The minimum atomic E-state index is -5.68. The van der Waals surface area contributed by atoms with Gasteiger partial charge in [0.05, 0.1) is 0 Å². The van der Waals surface area contributed by atoms with Gasteiger partial charge < -0.3 is 14.2 Å². The summed E-state index contributed by atoms with van der Waals surface area (Å²) in [7, 11) is 0. The fourth-order valence-electron chi connectivity index (χ4n) is 5.61. The maximum absolute atomic E-state index is 13.9. The molecule has 0 amide bonds. The van der Waals surface area contributed by atoms with Gasteiger partial charge in [0.15, 0.2) is 5.79 Å². The fraction of sp³-hybridized carbons (Fsp3) is 0.941. The first-order valence-electron chi connectivity index (χ1n) is 9.29. The van der Waals surface area contributed by atoms with Crippen LogP contribution in [0.2, 0.25) is 0 Å². The first kappa shape index (κ1) is 22.4. The van der Waals surface area contributed by atoms with Crippen molar-refractivity contribution in [1.29, 1.82) is 0 Å². The van der Waals surface area contributed by atoms with E-state index in [1.807, 2.05) is 0 Å². The van der Waals surface area contributed by atoms with E-state index in [0.717, 1.165) is 0 Å². The summed E-state index contributed by atoms with van der Waals surface area (Å²) in [6, 6.07) is 0. The number of carbonyl (C=O) groups excluding carboxylic acids is 1. The Balaban J connectivity index is 1.62. The van der Waals surface area contributed by atoms with E-state index in [2.05, 4.69) is 12.6 Å². The summed E-state index contributed by atoms with van der Waals surface area (Å²) in [6.45, 7) is -3.98. The van der Waals surface area contributed by atoms with E-state index in [4.69, 9.17) is 14.2 Å². The van der Waals surface area contributed by atoms with Crippen molar-refractivity contribution < 1.29 is 54.1 Å². The average molecular weight is 470 g/mol. The van der Waals surface area contributed by atoms with Crippen molar-refractivity contribution in [3.8, 4) is 0 Å². The summed E-state index contributed by atoms with van der Waals surface area (Å²) >= 11 is 2.88. The van der Waals surface area contributed by atoms with Crippen molar-refractivity contribution in [1.82, 2.24) is 0 Å². The van der Waals surface area contributed by atoms with Gasteiger partial charge in [-0.15, -0.1) is 0 Å². The van der Waals surface area contributed by atoms with Gasteiger partial charge >= 0.3 is 29.0 Å². The maximum Gasteiger partial charge on any atom is 0.388 e. The Bertz CT molecular complexity index is 700. The second kappa shape index (κ2) is 6.37. The third-order valence-corrected chi connectivity index (χ3v) is 6.89. The second-order valence-corrected chi connectivity index (χ2v) is 9.30. The van der Waals surface area contributed by atoms with Crippen LogP contribution in [0.4, 0.5) is 35.1 Å². The molecule has 4 bridgehead atoms. The van der Waals surface area contributed by atoms with Crippen molar-refractivity contribution in [2.24, 2.45) is 17.8 Å². The molecular formula is C17H18F8O4S. The number of carbonyl (C=O) groups is 1. The number of alkyl halides is 8. The Hall–Kier alpha value is -0.820. The van der Waals surface area contributed by atoms with E-state index in [0.29, 0.717) is 0 Å². The monoisotopic (exact) mass is 470 g/mol. The van der Waals surface area contributed by atoms with Crippen molar-refractivity contribution in [3.63, 3.8) is 0 Å². The molecule has 4 saturated carbocycles. The van der Waals surface area contributed by atoms with E-state index >= 15 is 0 Å². The normalized spacial score (nSPS) is 40.6. The van der Waals surface area contributed by atoms with Crippen molar-refractivity contribution in [2.75, 3.05) is 13.2 Å². The smallest absolute Gasteiger partial charge is 0.388 e. The standard InChI is InChI=1S/C17H18F8O4S/c18-13(19)6-27-15(28-7-14(20,21)17(13,24)25)9-1-8-2-10(15)5-12(3-8,4-9)29-11(26)16(22,23)30/h8-10,30H,1-7H2. The van der Waals surface area contributed by atoms with Crippen LogP contribution in [0.15, 0.2) is 0 Å². The lowest BCUT2D eigenvalue weighted by molar-refractivity contribution is -0.425. The number of hydrogen-bond acceptors (Lipinski definition) is 5.